The Balaban J connectivity index is 2.37. The van der Waals surface area contributed by atoms with Crippen LogP contribution in [0.25, 0.3) is 0 Å². The lowest BCUT2D eigenvalue weighted by molar-refractivity contribution is 0.589. The molecule has 6 nitrogen and oxygen atoms in total. The van der Waals surface area contributed by atoms with Crippen LogP contribution in [0, 0.1) is 0 Å². The zero-order valence-electron chi connectivity index (χ0n) is 9.32. The van der Waals surface area contributed by atoms with Crippen molar-refractivity contribution >= 4 is 21.5 Å². The lowest BCUT2D eigenvalue weighted by Gasteiger charge is -2.07. The van der Waals surface area contributed by atoms with Crippen molar-refractivity contribution in [2.75, 3.05) is 37.0 Å². The summed E-state index contributed by atoms with van der Waals surface area (Å²) in [5.74, 6) is 0.765. The summed E-state index contributed by atoms with van der Waals surface area (Å²) in [6.45, 7) is 0.885. The van der Waals surface area contributed by atoms with E-state index in [1.807, 2.05) is 12.1 Å². The highest BCUT2D eigenvalue weighted by Gasteiger charge is 1.99. The van der Waals surface area contributed by atoms with Crippen molar-refractivity contribution < 1.29 is 8.42 Å². The van der Waals surface area contributed by atoms with Crippen LogP contribution in [-0.2, 0) is 10.0 Å². The van der Waals surface area contributed by atoms with Crippen LogP contribution in [-0.4, -0.2) is 39.8 Å². The van der Waals surface area contributed by atoms with E-state index >= 15 is 0 Å². The van der Waals surface area contributed by atoms with Crippen molar-refractivity contribution in [2.24, 2.45) is 0 Å². The van der Waals surface area contributed by atoms with Gasteiger partial charge in [-0.2, -0.15) is 0 Å². The van der Waals surface area contributed by atoms with Gasteiger partial charge in [0.25, 0.3) is 0 Å². The molecule has 1 aromatic rings. The van der Waals surface area contributed by atoms with Gasteiger partial charge in [0.2, 0.25) is 10.0 Å². The molecule has 0 aliphatic heterocycles. The molecule has 1 heterocycles. The Morgan fingerprint density at radius 2 is 2.12 bits per heavy atom. The Labute approximate surface area is 95.5 Å². The molecule has 90 valence electrons. The van der Waals surface area contributed by atoms with E-state index in [0.29, 0.717) is 13.1 Å². The standard InChI is InChI=1S/C9H16N4O2S/c1-10-9-7-8(3-4-12-9)11-5-6-13-16(2,14)15/h3-4,7,13H,5-6H2,1-2H3,(H2,10,11,12). The van der Waals surface area contributed by atoms with Crippen LogP contribution in [0.5, 0.6) is 0 Å². The summed E-state index contributed by atoms with van der Waals surface area (Å²) in [5.41, 5.74) is 0.898. The molecule has 0 aromatic carbocycles. The molecular formula is C9H16N4O2S. The Kier molecular flexibility index (Phi) is 4.51. The molecule has 16 heavy (non-hydrogen) atoms. The molecule has 1 aromatic heterocycles. The molecule has 0 spiro atoms. The van der Waals surface area contributed by atoms with Gasteiger partial charge in [0.1, 0.15) is 5.82 Å². The minimum atomic E-state index is -3.11. The van der Waals surface area contributed by atoms with Crippen LogP contribution in [0.15, 0.2) is 18.3 Å². The predicted octanol–water partition coefficient (Wildman–Crippen LogP) is 0.0844. The van der Waals surface area contributed by atoms with Gasteiger partial charge < -0.3 is 10.6 Å². The maximum absolute atomic E-state index is 10.8. The molecular weight excluding hydrogens is 228 g/mol. The predicted molar refractivity (Wildman–Crippen MR) is 65.1 cm³/mol. The van der Waals surface area contributed by atoms with Gasteiger partial charge in [-0.1, -0.05) is 0 Å². The van der Waals surface area contributed by atoms with Gasteiger partial charge >= 0.3 is 0 Å². The third kappa shape index (κ3) is 4.94. The Bertz CT molecular complexity index is 433. The first-order valence-corrected chi connectivity index (χ1v) is 6.73. The molecule has 0 unspecified atom stereocenters. The monoisotopic (exact) mass is 244 g/mol. The second-order valence-corrected chi connectivity index (χ2v) is 5.11. The maximum atomic E-state index is 10.8. The van der Waals surface area contributed by atoms with Gasteiger partial charge in [-0.15, -0.1) is 0 Å². The summed E-state index contributed by atoms with van der Waals surface area (Å²) in [6.07, 6.45) is 2.82. The van der Waals surface area contributed by atoms with Gasteiger partial charge in [-0.25, -0.2) is 18.1 Å². The third-order valence-corrected chi connectivity index (χ3v) is 2.56. The van der Waals surface area contributed by atoms with Gasteiger partial charge in [-0.3, -0.25) is 0 Å². The first kappa shape index (κ1) is 12.7. The van der Waals surface area contributed by atoms with Crippen molar-refractivity contribution in [3.63, 3.8) is 0 Å². The quantitative estimate of drug-likeness (QED) is 0.617. The van der Waals surface area contributed by atoms with E-state index in [-0.39, 0.29) is 0 Å². The summed E-state index contributed by atoms with van der Waals surface area (Å²) >= 11 is 0. The second kappa shape index (κ2) is 5.66. The fraction of sp³-hybridized carbons (Fsp3) is 0.444. The molecule has 1 rings (SSSR count). The molecule has 0 saturated heterocycles. The zero-order chi connectivity index (χ0) is 12.0. The van der Waals surface area contributed by atoms with Gasteiger partial charge in [-0.05, 0) is 6.07 Å². The second-order valence-electron chi connectivity index (χ2n) is 3.27. The Morgan fingerprint density at radius 1 is 1.38 bits per heavy atom. The number of anilines is 2. The van der Waals surface area contributed by atoms with Gasteiger partial charge in [0, 0.05) is 38.1 Å². The molecule has 7 heteroatoms. The van der Waals surface area contributed by atoms with E-state index in [1.165, 1.54) is 0 Å². The maximum Gasteiger partial charge on any atom is 0.208 e. The van der Waals surface area contributed by atoms with Crippen molar-refractivity contribution in [1.29, 1.82) is 0 Å². The minimum Gasteiger partial charge on any atom is -0.384 e. The van der Waals surface area contributed by atoms with E-state index in [0.717, 1.165) is 17.8 Å². The Hall–Kier alpha value is -1.34. The first-order valence-electron chi connectivity index (χ1n) is 4.83. The molecule has 0 fully saturated rings. The van der Waals surface area contributed by atoms with E-state index in [4.69, 9.17) is 0 Å². The molecule has 0 saturated carbocycles. The van der Waals surface area contributed by atoms with Crippen molar-refractivity contribution in [3.8, 4) is 0 Å². The Morgan fingerprint density at radius 3 is 2.75 bits per heavy atom. The highest BCUT2D eigenvalue weighted by molar-refractivity contribution is 7.88. The fourth-order valence-electron chi connectivity index (χ4n) is 1.12. The smallest absolute Gasteiger partial charge is 0.208 e. The molecule has 0 atom stereocenters. The number of nitrogens with zero attached hydrogens (tertiary/aromatic N) is 1. The van der Waals surface area contributed by atoms with E-state index in [2.05, 4.69) is 20.3 Å². The van der Waals surface area contributed by atoms with Crippen molar-refractivity contribution in [3.05, 3.63) is 18.3 Å². The number of sulfonamides is 1. The SMILES string of the molecule is CNc1cc(NCCNS(C)(=O)=O)ccn1. The zero-order valence-corrected chi connectivity index (χ0v) is 10.1. The summed E-state index contributed by atoms with van der Waals surface area (Å²) in [7, 11) is -1.32. The fourth-order valence-corrected chi connectivity index (χ4v) is 1.59. The normalized spacial score (nSPS) is 11.1. The number of nitrogens with one attached hydrogen (secondary N) is 3. The lowest BCUT2D eigenvalue weighted by atomic mass is 10.4. The average molecular weight is 244 g/mol. The largest absolute Gasteiger partial charge is 0.384 e. The third-order valence-electron chi connectivity index (χ3n) is 1.83. The minimum absolute atomic E-state index is 0.357. The number of hydrogen-bond donors (Lipinski definition) is 3. The topological polar surface area (TPSA) is 83.1 Å². The number of aromatic nitrogens is 1. The van der Waals surface area contributed by atoms with Crippen LogP contribution in [0.1, 0.15) is 0 Å². The van der Waals surface area contributed by atoms with E-state index in [1.54, 1.807) is 13.2 Å². The van der Waals surface area contributed by atoms with Crippen LogP contribution < -0.4 is 15.4 Å². The van der Waals surface area contributed by atoms with Crippen LogP contribution in [0.3, 0.4) is 0 Å². The van der Waals surface area contributed by atoms with E-state index in [9.17, 15) is 8.42 Å². The molecule has 0 radical (unpaired) electrons. The molecule has 3 N–H and O–H groups in total. The van der Waals surface area contributed by atoms with Crippen LogP contribution in [0.4, 0.5) is 11.5 Å². The lowest BCUT2D eigenvalue weighted by Crippen LogP contribution is -2.27. The molecule has 0 aliphatic carbocycles. The van der Waals surface area contributed by atoms with Crippen molar-refractivity contribution in [1.82, 2.24) is 9.71 Å². The average Bonchev–Trinajstić information content (AvgIpc) is 2.23. The van der Waals surface area contributed by atoms with Crippen LogP contribution in [0.2, 0.25) is 0 Å². The summed E-state index contributed by atoms with van der Waals surface area (Å²) in [5, 5.41) is 6.00. The van der Waals surface area contributed by atoms with Crippen molar-refractivity contribution in [2.45, 2.75) is 0 Å². The van der Waals surface area contributed by atoms with Gasteiger partial charge in [0.15, 0.2) is 0 Å². The molecule has 0 aliphatic rings. The number of pyridine rings is 1. The summed E-state index contributed by atoms with van der Waals surface area (Å²) in [4.78, 5) is 4.06. The molecule has 0 amide bonds. The molecule has 0 bridgehead atoms. The summed E-state index contributed by atoms with van der Waals surface area (Å²) < 4.78 is 24.0. The highest BCUT2D eigenvalue weighted by atomic mass is 32.2. The summed E-state index contributed by atoms with van der Waals surface area (Å²) in [6, 6.07) is 3.67. The van der Waals surface area contributed by atoms with Crippen LogP contribution >= 0.6 is 0 Å². The first-order chi connectivity index (χ1) is 7.51. The number of hydrogen-bond acceptors (Lipinski definition) is 5. The van der Waals surface area contributed by atoms with E-state index < -0.39 is 10.0 Å². The van der Waals surface area contributed by atoms with Gasteiger partial charge in [0.05, 0.1) is 6.26 Å². The highest BCUT2D eigenvalue weighted by Crippen LogP contribution is 2.10. The number of rotatable bonds is 6.